The Morgan fingerprint density at radius 3 is 2.48 bits per heavy atom. The molecule has 8 heteroatoms. The van der Waals surface area contributed by atoms with Gasteiger partial charge in [-0.2, -0.15) is 18.2 Å². The fraction of sp³-hybridized carbons (Fsp3) is 0.474. The van der Waals surface area contributed by atoms with Gasteiger partial charge < -0.3 is 14.4 Å². The minimum absolute atomic E-state index is 0.103. The number of hydrogen-bond acceptors (Lipinski definition) is 5. The van der Waals surface area contributed by atoms with Gasteiger partial charge in [0.2, 0.25) is 0 Å². The first kappa shape index (κ1) is 20.8. The molecule has 1 aromatic heterocycles. The van der Waals surface area contributed by atoms with E-state index in [4.69, 9.17) is 9.47 Å². The van der Waals surface area contributed by atoms with Gasteiger partial charge in [-0.05, 0) is 25.5 Å². The quantitative estimate of drug-likeness (QED) is 0.555. The Morgan fingerprint density at radius 1 is 1.07 bits per heavy atom. The smallest absolute Gasteiger partial charge is 0.421 e. The third kappa shape index (κ3) is 5.48. The summed E-state index contributed by atoms with van der Waals surface area (Å²) in [4.78, 5) is 8.98. The van der Waals surface area contributed by atoms with Crippen molar-refractivity contribution in [2.24, 2.45) is 0 Å². The van der Waals surface area contributed by atoms with Crippen LogP contribution in [0, 0.1) is 0 Å². The Balaban J connectivity index is 2.39. The molecule has 2 aromatic rings. The summed E-state index contributed by atoms with van der Waals surface area (Å²) in [6.45, 7) is 4.56. The number of anilines is 2. The summed E-state index contributed by atoms with van der Waals surface area (Å²) in [5.41, 5.74) is -0.449. The molecule has 0 aliphatic rings. The van der Waals surface area contributed by atoms with Gasteiger partial charge in [0.05, 0.1) is 18.9 Å². The number of alkyl halides is 3. The molecule has 0 spiro atoms. The maximum Gasteiger partial charge on any atom is 0.421 e. The van der Waals surface area contributed by atoms with Crippen LogP contribution in [0.2, 0.25) is 0 Å². The molecule has 0 aliphatic carbocycles. The molecule has 27 heavy (non-hydrogen) atoms. The predicted octanol–water partition coefficient (Wildman–Crippen LogP) is 5.23. The van der Waals surface area contributed by atoms with Gasteiger partial charge in [0.1, 0.15) is 11.3 Å². The lowest BCUT2D eigenvalue weighted by molar-refractivity contribution is -0.137. The van der Waals surface area contributed by atoms with Crippen molar-refractivity contribution in [3.63, 3.8) is 0 Å². The number of para-hydroxylation sites is 2. The molecule has 0 unspecified atom stereocenters. The molecular weight excluding hydrogens is 359 g/mol. The predicted molar refractivity (Wildman–Crippen MR) is 97.7 cm³/mol. The average molecular weight is 383 g/mol. The normalized spacial score (nSPS) is 11.3. The fourth-order valence-electron chi connectivity index (χ4n) is 2.52. The van der Waals surface area contributed by atoms with Crippen LogP contribution < -0.4 is 14.4 Å². The number of unbranched alkanes of at least 4 members (excludes halogenated alkanes) is 2. The van der Waals surface area contributed by atoms with Crippen LogP contribution in [0.4, 0.5) is 24.7 Å². The first-order chi connectivity index (χ1) is 12.9. The van der Waals surface area contributed by atoms with Crippen molar-refractivity contribution in [2.75, 3.05) is 25.2 Å². The van der Waals surface area contributed by atoms with Crippen LogP contribution in [0.1, 0.15) is 38.7 Å². The summed E-state index contributed by atoms with van der Waals surface area (Å²) in [5, 5.41) is 0. The van der Waals surface area contributed by atoms with Gasteiger partial charge >= 0.3 is 12.2 Å². The Labute approximate surface area is 157 Å². The highest BCUT2D eigenvalue weighted by molar-refractivity contribution is 5.68. The van der Waals surface area contributed by atoms with Gasteiger partial charge in [0, 0.05) is 13.2 Å². The van der Waals surface area contributed by atoms with Gasteiger partial charge in [0.25, 0.3) is 0 Å². The molecule has 0 saturated heterocycles. The van der Waals surface area contributed by atoms with E-state index in [0.717, 1.165) is 25.5 Å². The highest BCUT2D eigenvalue weighted by atomic mass is 19.4. The zero-order valence-electron chi connectivity index (χ0n) is 15.7. The summed E-state index contributed by atoms with van der Waals surface area (Å²) in [6, 6.07) is 6.84. The van der Waals surface area contributed by atoms with E-state index in [0.29, 0.717) is 18.0 Å². The molecular formula is C19H24F3N3O2. The van der Waals surface area contributed by atoms with Crippen molar-refractivity contribution in [3.05, 3.63) is 36.0 Å². The number of halogens is 3. The molecule has 5 nitrogen and oxygen atoms in total. The highest BCUT2D eigenvalue weighted by Gasteiger charge is 2.37. The second-order valence-corrected chi connectivity index (χ2v) is 5.90. The van der Waals surface area contributed by atoms with Gasteiger partial charge in [-0.1, -0.05) is 31.9 Å². The fourth-order valence-corrected chi connectivity index (χ4v) is 2.52. The molecule has 0 amide bonds. The van der Waals surface area contributed by atoms with Crippen LogP contribution in [-0.4, -0.2) is 30.2 Å². The van der Waals surface area contributed by atoms with E-state index < -0.39 is 11.7 Å². The van der Waals surface area contributed by atoms with E-state index in [1.54, 1.807) is 31.2 Å². The average Bonchev–Trinajstić information content (AvgIpc) is 2.64. The Hall–Kier alpha value is -2.51. The molecule has 0 atom stereocenters. The van der Waals surface area contributed by atoms with Crippen LogP contribution in [0.15, 0.2) is 30.5 Å². The Morgan fingerprint density at radius 2 is 1.81 bits per heavy atom. The maximum absolute atomic E-state index is 13.5. The van der Waals surface area contributed by atoms with Gasteiger partial charge in [-0.3, -0.25) is 0 Å². The lowest BCUT2D eigenvalue weighted by Gasteiger charge is -2.24. The molecule has 0 aliphatic heterocycles. The van der Waals surface area contributed by atoms with E-state index in [-0.39, 0.29) is 18.4 Å². The van der Waals surface area contributed by atoms with Crippen LogP contribution in [0.3, 0.4) is 0 Å². The molecule has 148 valence electrons. The van der Waals surface area contributed by atoms with Crippen molar-refractivity contribution in [1.82, 2.24) is 9.97 Å². The summed E-state index contributed by atoms with van der Waals surface area (Å²) in [7, 11) is 1.52. The SMILES string of the molecule is CCCCCOc1ccccc1N(C)c1nc(OCC)ncc1C(F)(F)F. The van der Waals surface area contributed by atoms with Crippen LogP contribution in [-0.2, 0) is 6.18 Å². The van der Waals surface area contributed by atoms with E-state index in [9.17, 15) is 13.2 Å². The molecule has 1 heterocycles. The lowest BCUT2D eigenvalue weighted by Crippen LogP contribution is -2.20. The molecule has 0 saturated carbocycles. The van der Waals surface area contributed by atoms with Gasteiger partial charge in [0.15, 0.2) is 5.82 Å². The first-order valence-electron chi connectivity index (χ1n) is 8.91. The number of rotatable bonds is 9. The second kappa shape index (κ2) is 9.43. The van der Waals surface area contributed by atoms with Gasteiger partial charge in [-0.15, -0.1) is 0 Å². The van der Waals surface area contributed by atoms with Crippen molar-refractivity contribution < 1.29 is 22.6 Å². The standard InChI is InChI=1S/C19H24F3N3O2/c1-4-6-9-12-27-16-11-8-7-10-15(16)25(3)17-14(19(20,21)22)13-23-18(24-17)26-5-2/h7-8,10-11,13H,4-6,9,12H2,1-3H3. The molecule has 0 bridgehead atoms. The molecule has 1 aromatic carbocycles. The van der Waals surface area contributed by atoms with Crippen LogP contribution >= 0.6 is 0 Å². The molecule has 2 rings (SSSR count). The third-order valence-electron chi connectivity index (χ3n) is 3.88. The van der Waals surface area contributed by atoms with E-state index in [2.05, 4.69) is 16.9 Å². The summed E-state index contributed by atoms with van der Waals surface area (Å²) < 4.78 is 51.3. The minimum atomic E-state index is -4.59. The number of hydrogen-bond donors (Lipinski definition) is 0. The van der Waals surface area contributed by atoms with E-state index >= 15 is 0 Å². The Kier molecular flexibility index (Phi) is 7.27. The summed E-state index contributed by atoms with van der Waals surface area (Å²) in [5.74, 6) is 0.214. The number of benzene rings is 1. The second-order valence-electron chi connectivity index (χ2n) is 5.90. The largest absolute Gasteiger partial charge is 0.491 e. The molecule has 0 radical (unpaired) electrons. The highest BCUT2D eigenvalue weighted by Crippen LogP contribution is 2.40. The topological polar surface area (TPSA) is 47.5 Å². The molecule has 0 N–H and O–H groups in total. The van der Waals surface area contributed by atoms with Crippen molar-refractivity contribution in [2.45, 2.75) is 39.3 Å². The number of aromatic nitrogens is 2. The van der Waals surface area contributed by atoms with E-state index in [1.807, 2.05) is 0 Å². The summed E-state index contributed by atoms with van der Waals surface area (Å²) in [6.07, 6.45) is -0.884. The molecule has 0 fully saturated rings. The first-order valence-corrected chi connectivity index (χ1v) is 8.91. The zero-order valence-corrected chi connectivity index (χ0v) is 15.7. The van der Waals surface area contributed by atoms with E-state index in [1.165, 1.54) is 11.9 Å². The van der Waals surface area contributed by atoms with Crippen LogP contribution in [0.5, 0.6) is 11.8 Å². The maximum atomic E-state index is 13.5. The number of nitrogens with zero attached hydrogens (tertiary/aromatic N) is 3. The third-order valence-corrected chi connectivity index (χ3v) is 3.88. The van der Waals surface area contributed by atoms with Crippen LogP contribution in [0.25, 0.3) is 0 Å². The monoisotopic (exact) mass is 383 g/mol. The zero-order chi connectivity index (χ0) is 19.9. The van der Waals surface area contributed by atoms with Crippen molar-refractivity contribution in [1.29, 1.82) is 0 Å². The van der Waals surface area contributed by atoms with Crippen molar-refractivity contribution >= 4 is 11.5 Å². The lowest BCUT2D eigenvalue weighted by atomic mass is 10.2. The summed E-state index contributed by atoms with van der Waals surface area (Å²) >= 11 is 0. The van der Waals surface area contributed by atoms with Gasteiger partial charge in [-0.25, -0.2) is 4.98 Å². The Bertz CT molecular complexity index is 738. The minimum Gasteiger partial charge on any atom is -0.491 e. The van der Waals surface area contributed by atoms with Crippen molar-refractivity contribution in [3.8, 4) is 11.8 Å². The number of ether oxygens (including phenoxy) is 2.